The molecule has 19 heavy (non-hydrogen) atoms. The third-order valence-electron chi connectivity index (χ3n) is 6.68. The first-order valence-corrected chi connectivity index (χ1v) is 8.15. The Bertz CT molecular complexity index is 358. The summed E-state index contributed by atoms with van der Waals surface area (Å²) in [6, 6.07) is 0. The van der Waals surface area contributed by atoms with E-state index in [1.807, 2.05) is 0 Å². The van der Waals surface area contributed by atoms with Crippen molar-refractivity contribution in [3.05, 3.63) is 0 Å². The van der Waals surface area contributed by atoms with Crippen molar-refractivity contribution >= 4 is 5.97 Å². The molecule has 5 aliphatic rings. The molecule has 0 aromatic carbocycles. The molecule has 3 nitrogen and oxygen atoms in total. The Morgan fingerprint density at radius 3 is 2.00 bits per heavy atom. The summed E-state index contributed by atoms with van der Waals surface area (Å²) in [4.78, 5) is 14.1. The van der Waals surface area contributed by atoms with Crippen molar-refractivity contribution in [3.63, 3.8) is 0 Å². The SMILES string of the molecule is O=C(O)CC1(N2CCCC2)C2CC3CC(C2)CC1C3. The number of aliphatic carboxylic acids is 1. The molecule has 1 aliphatic heterocycles. The molecule has 106 valence electrons. The number of hydrogen-bond donors (Lipinski definition) is 1. The van der Waals surface area contributed by atoms with Crippen LogP contribution in [0.4, 0.5) is 0 Å². The fourth-order valence-electron chi connectivity index (χ4n) is 6.29. The second kappa shape index (κ2) is 4.21. The Labute approximate surface area is 115 Å². The second-order valence-electron chi connectivity index (χ2n) is 7.56. The van der Waals surface area contributed by atoms with Gasteiger partial charge in [-0.2, -0.15) is 0 Å². The van der Waals surface area contributed by atoms with Crippen LogP contribution in [0.25, 0.3) is 0 Å². The molecule has 1 saturated heterocycles. The monoisotopic (exact) mass is 263 g/mol. The highest BCUT2D eigenvalue weighted by Gasteiger charge is 2.60. The fourth-order valence-corrected chi connectivity index (χ4v) is 6.29. The van der Waals surface area contributed by atoms with Crippen LogP contribution in [0, 0.1) is 23.7 Å². The molecule has 0 spiro atoms. The van der Waals surface area contributed by atoms with Gasteiger partial charge in [-0.05, 0) is 81.7 Å². The first-order chi connectivity index (χ1) is 9.18. The summed E-state index contributed by atoms with van der Waals surface area (Å²) in [6.45, 7) is 2.30. The van der Waals surface area contributed by atoms with Gasteiger partial charge in [0.2, 0.25) is 0 Å². The molecule has 5 fully saturated rings. The van der Waals surface area contributed by atoms with Crippen LogP contribution in [0.3, 0.4) is 0 Å². The third kappa shape index (κ3) is 1.70. The zero-order valence-electron chi connectivity index (χ0n) is 11.7. The quantitative estimate of drug-likeness (QED) is 0.851. The molecule has 4 aliphatic carbocycles. The number of nitrogens with zero attached hydrogens (tertiary/aromatic N) is 1. The maximum Gasteiger partial charge on any atom is 0.305 e. The molecule has 1 N–H and O–H groups in total. The van der Waals surface area contributed by atoms with Crippen LogP contribution >= 0.6 is 0 Å². The van der Waals surface area contributed by atoms with E-state index in [0.717, 1.165) is 24.9 Å². The van der Waals surface area contributed by atoms with E-state index in [4.69, 9.17) is 0 Å². The van der Waals surface area contributed by atoms with Crippen molar-refractivity contribution < 1.29 is 9.90 Å². The van der Waals surface area contributed by atoms with Crippen LogP contribution in [0.5, 0.6) is 0 Å². The van der Waals surface area contributed by atoms with E-state index >= 15 is 0 Å². The van der Waals surface area contributed by atoms with Crippen LogP contribution in [-0.4, -0.2) is 34.6 Å². The van der Waals surface area contributed by atoms with Gasteiger partial charge in [0, 0.05) is 5.54 Å². The van der Waals surface area contributed by atoms with Gasteiger partial charge < -0.3 is 5.11 Å². The summed E-state index contributed by atoms with van der Waals surface area (Å²) in [6.07, 6.45) is 9.65. The number of carbonyl (C=O) groups is 1. The van der Waals surface area contributed by atoms with Gasteiger partial charge in [-0.1, -0.05) is 0 Å². The standard InChI is InChI=1S/C16H25NO2/c18-15(19)10-16(17-3-1-2-4-17)13-6-11-5-12(8-13)9-14(16)7-11/h11-14H,1-10H2,(H,18,19). The summed E-state index contributed by atoms with van der Waals surface area (Å²) in [5.74, 6) is 2.63. The molecule has 5 rings (SSSR count). The summed E-state index contributed by atoms with van der Waals surface area (Å²) in [5, 5.41) is 9.50. The summed E-state index contributed by atoms with van der Waals surface area (Å²) in [5.41, 5.74) is 0.0375. The van der Waals surface area contributed by atoms with Crippen molar-refractivity contribution in [2.24, 2.45) is 23.7 Å². The van der Waals surface area contributed by atoms with Crippen LogP contribution < -0.4 is 0 Å². The highest BCUT2D eigenvalue weighted by molar-refractivity contribution is 5.68. The van der Waals surface area contributed by atoms with E-state index in [2.05, 4.69) is 4.90 Å². The molecular formula is C16H25NO2. The Balaban J connectivity index is 1.71. The fraction of sp³-hybridized carbons (Fsp3) is 0.938. The van der Waals surface area contributed by atoms with Gasteiger partial charge >= 0.3 is 5.97 Å². The van der Waals surface area contributed by atoms with Gasteiger partial charge in [0.1, 0.15) is 0 Å². The molecule has 0 aromatic heterocycles. The topological polar surface area (TPSA) is 40.5 Å². The minimum atomic E-state index is -0.570. The molecular weight excluding hydrogens is 238 g/mol. The van der Waals surface area contributed by atoms with Crippen molar-refractivity contribution in [2.75, 3.05) is 13.1 Å². The average Bonchev–Trinajstić information content (AvgIpc) is 2.86. The van der Waals surface area contributed by atoms with Gasteiger partial charge in [0.15, 0.2) is 0 Å². The Kier molecular flexibility index (Phi) is 2.70. The number of hydrogen-bond acceptors (Lipinski definition) is 2. The van der Waals surface area contributed by atoms with Gasteiger partial charge in [-0.25, -0.2) is 0 Å². The van der Waals surface area contributed by atoms with E-state index in [-0.39, 0.29) is 5.54 Å². The van der Waals surface area contributed by atoms with E-state index in [9.17, 15) is 9.90 Å². The van der Waals surface area contributed by atoms with Crippen LogP contribution in [-0.2, 0) is 4.79 Å². The van der Waals surface area contributed by atoms with Crippen molar-refractivity contribution in [3.8, 4) is 0 Å². The molecule has 0 radical (unpaired) electrons. The minimum absolute atomic E-state index is 0.0375. The van der Waals surface area contributed by atoms with Crippen molar-refractivity contribution in [2.45, 2.75) is 56.9 Å². The Morgan fingerprint density at radius 2 is 1.53 bits per heavy atom. The second-order valence-corrected chi connectivity index (χ2v) is 7.56. The average molecular weight is 263 g/mol. The van der Waals surface area contributed by atoms with E-state index in [1.54, 1.807) is 0 Å². The third-order valence-corrected chi connectivity index (χ3v) is 6.68. The van der Waals surface area contributed by atoms with E-state index < -0.39 is 5.97 Å². The summed E-state index contributed by atoms with van der Waals surface area (Å²) >= 11 is 0. The lowest BCUT2D eigenvalue weighted by Gasteiger charge is -2.64. The molecule has 1 heterocycles. The maximum atomic E-state index is 11.5. The van der Waals surface area contributed by atoms with Gasteiger partial charge in [-0.3, -0.25) is 9.69 Å². The molecule has 3 heteroatoms. The lowest BCUT2D eigenvalue weighted by Crippen LogP contribution is -2.66. The molecule has 4 bridgehead atoms. The Hall–Kier alpha value is -0.570. The lowest BCUT2D eigenvalue weighted by atomic mass is 9.47. The van der Waals surface area contributed by atoms with Crippen LogP contribution in [0.2, 0.25) is 0 Å². The zero-order valence-corrected chi connectivity index (χ0v) is 11.7. The lowest BCUT2D eigenvalue weighted by molar-refractivity contribution is -0.160. The first-order valence-electron chi connectivity index (χ1n) is 8.15. The smallest absolute Gasteiger partial charge is 0.305 e. The zero-order chi connectivity index (χ0) is 13.0. The normalized spacial score (nSPS) is 48.8. The summed E-state index contributed by atoms with van der Waals surface area (Å²) < 4.78 is 0. The minimum Gasteiger partial charge on any atom is -0.481 e. The predicted molar refractivity (Wildman–Crippen MR) is 72.8 cm³/mol. The van der Waals surface area contributed by atoms with E-state index in [0.29, 0.717) is 18.3 Å². The largest absolute Gasteiger partial charge is 0.481 e. The molecule has 0 aromatic rings. The molecule has 0 unspecified atom stereocenters. The number of likely N-dealkylation sites (tertiary alicyclic amines) is 1. The van der Waals surface area contributed by atoms with Crippen molar-refractivity contribution in [1.82, 2.24) is 4.90 Å². The summed E-state index contributed by atoms with van der Waals surface area (Å²) in [7, 11) is 0. The number of carboxylic acid groups (broad SMARTS) is 1. The number of rotatable bonds is 3. The number of carboxylic acids is 1. The first kappa shape index (κ1) is 12.2. The van der Waals surface area contributed by atoms with Gasteiger partial charge in [-0.15, -0.1) is 0 Å². The highest BCUT2D eigenvalue weighted by Crippen LogP contribution is 2.61. The van der Waals surface area contributed by atoms with Gasteiger partial charge in [0.05, 0.1) is 6.42 Å². The van der Waals surface area contributed by atoms with Crippen molar-refractivity contribution in [1.29, 1.82) is 0 Å². The molecule has 4 saturated carbocycles. The van der Waals surface area contributed by atoms with Gasteiger partial charge in [0.25, 0.3) is 0 Å². The van der Waals surface area contributed by atoms with Crippen LogP contribution in [0.15, 0.2) is 0 Å². The predicted octanol–water partition coefficient (Wildman–Crippen LogP) is 2.75. The van der Waals surface area contributed by atoms with Crippen LogP contribution in [0.1, 0.15) is 51.4 Å². The molecule has 0 amide bonds. The molecule has 0 atom stereocenters. The highest BCUT2D eigenvalue weighted by atomic mass is 16.4. The maximum absolute atomic E-state index is 11.5. The Morgan fingerprint density at radius 1 is 1.00 bits per heavy atom. The van der Waals surface area contributed by atoms with E-state index in [1.165, 1.54) is 44.9 Å².